The molecule has 122 valence electrons. The van der Waals surface area contributed by atoms with Crippen molar-refractivity contribution in [1.29, 1.82) is 0 Å². The summed E-state index contributed by atoms with van der Waals surface area (Å²) >= 11 is 0. The molecule has 1 aliphatic heterocycles. The van der Waals surface area contributed by atoms with Gasteiger partial charge in [-0.1, -0.05) is 0 Å². The molecule has 2 N–H and O–H groups in total. The summed E-state index contributed by atoms with van der Waals surface area (Å²) in [6, 6.07) is 8.11. The number of nitrogens with one attached hydrogen (secondary N) is 2. The van der Waals surface area contributed by atoms with Crippen LogP contribution in [0.4, 0.5) is 11.4 Å². The molecule has 1 aliphatic rings. The molecule has 0 radical (unpaired) electrons. The standard InChI is InChI=1S/C17H27N3O2/c1-2-22-13-5-10-18-14-17(21)19-15-6-8-16(9-7-15)20-11-3-4-12-20/h6-9,18H,2-5,10-14H2,1H3,(H,19,21). The third-order valence-corrected chi connectivity index (χ3v) is 3.75. The monoisotopic (exact) mass is 305 g/mol. The predicted octanol–water partition coefficient (Wildman–Crippen LogP) is 2.24. The number of carbonyl (C=O) groups is 1. The van der Waals surface area contributed by atoms with E-state index in [0.717, 1.165) is 45.0 Å². The van der Waals surface area contributed by atoms with Gasteiger partial charge in [-0.15, -0.1) is 0 Å². The van der Waals surface area contributed by atoms with E-state index in [0.29, 0.717) is 6.54 Å². The van der Waals surface area contributed by atoms with Gasteiger partial charge in [0, 0.05) is 37.7 Å². The number of hydrogen-bond acceptors (Lipinski definition) is 4. The van der Waals surface area contributed by atoms with Crippen LogP contribution in [-0.2, 0) is 9.53 Å². The number of amides is 1. The number of nitrogens with zero attached hydrogens (tertiary/aromatic N) is 1. The minimum atomic E-state index is -0.00895. The maximum absolute atomic E-state index is 11.8. The molecule has 5 heteroatoms. The van der Waals surface area contributed by atoms with Gasteiger partial charge in [-0.05, 0) is 57.0 Å². The molecule has 0 bridgehead atoms. The van der Waals surface area contributed by atoms with Crippen molar-refractivity contribution in [2.45, 2.75) is 26.2 Å². The van der Waals surface area contributed by atoms with Crippen molar-refractivity contribution in [2.24, 2.45) is 0 Å². The Labute approximate surface area is 133 Å². The molecule has 1 heterocycles. The lowest BCUT2D eigenvalue weighted by Gasteiger charge is -2.17. The molecule has 2 rings (SSSR count). The summed E-state index contributed by atoms with van der Waals surface area (Å²) in [6.45, 7) is 6.86. The lowest BCUT2D eigenvalue weighted by molar-refractivity contribution is -0.115. The third-order valence-electron chi connectivity index (χ3n) is 3.75. The number of hydrogen-bond donors (Lipinski definition) is 2. The molecule has 1 aromatic rings. The van der Waals surface area contributed by atoms with Crippen LogP contribution in [0, 0.1) is 0 Å². The maximum Gasteiger partial charge on any atom is 0.238 e. The number of rotatable bonds is 9. The normalized spacial score (nSPS) is 14.3. The van der Waals surface area contributed by atoms with Crippen LogP contribution in [0.15, 0.2) is 24.3 Å². The highest BCUT2D eigenvalue weighted by atomic mass is 16.5. The molecule has 0 spiro atoms. The van der Waals surface area contributed by atoms with Crippen molar-refractivity contribution in [3.05, 3.63) is 24.3 Å². The first kappa shape index (κ1) is 16.8. The highest BCUT2D eigenvalue weighted by molar-refractivity contribution is 5.92. The molecule has 22 heavy (non-hydrogen) atoms. The number of benzene rings is 1. The fourth-order valence-corrected chi connectivity index (χ4v) is 2.58. The molecule has 1 fully saturated rings. The van der Waals surface area contributed by atoms with Gasteiger partial charge in [0.05, 0.1) is 6.54 Å². The molecule has 5 nitrogen and oxygen atoms in total. The van der Waals surface area contributed by atoms with Gasteiger partial charge in [0.15, 0.2) is 0 Å². The Balaban J connectivity index is 1.65. The summed E-state index contributed by atoms with van der Waals surface area (Å²) < 4.78 is 5.25. The quantitative estimate of drug-likeness (QED) is 0.687. The van der Waals surface area contributed by atoms with Crippen LogP contribution < -0.4 is 15.5 Å². The first-order chi connectivity index (χ1) is 10.8. The van der Waals surface area contributed by atoms with Gasteiger partial charge < -0.3 is 20.3 Å². The van der Waals surface area contributed by atoms with Crippen molar-refractivity contribution < 1.29 is 9.53 Å². The molecule has 1 amide bonds. The molecule has 0 aromatic heterocycles. The average molecular weight is 305 g/mol. The van der Waals surface area contributed by atoms with Crippen molar-refractivity contribution >= 4 is 17.3 Å². The van der Waals surface area contributed by atoms with Gasteiger partial charge in [0.2, 0.25) is 5.91 Å². The van der Waals surface area contributed by atoms with Gasteiger partial charge in [-0.3, -0.25) is 4.79 Å². The molecule has 1 aromatic carbocycles. The highest BCUT2D eigenvalue weighted by Crippen LogP contribution is 2.21. The Morgan fingerprint density at radius 1 is 1.23 bits per heavy atom. The smallest absolute Gasteiger partial charge is 0.238 e. The van der Waals surface area contributed by atoms with E-state index < -0.39 is 0 Å². The summed E-state index contributed by atoms with van der Waals surface area (Å²) in [5.74, 6) is -0.00895. The molecular formula is C17H27N3O2. The average Bonchev–Trinajstić information content (AvgIpc) is 3.06. The fraction of sp³-hybridized carbons (Fsp3) is 0.588. The molecule has 1 saturated heterocycles. The van der Waals surface area contributed by atoms with E-state index in [1.54, 1.807) is 0 Å². The summed E-state index contributed by atoms with van der Waals surface area (Å²) in [4.78, 5) is 14.2. The third kappa shape index (κ3) is 5.66. The van der Waals surface area contributed by atoms with E-state index in [4.69, 9.17) is 4.74 Å². The lowest BCUT2D eigenvalue weighted by atomic mass is 10.2. The Morgan fingerprint density at radius 2 is 1.95 bits per heavy atom. The Hall–Kier alpha value is -1.59. The van der Waals surface area contributed by atoms with Gasteiger partial charge >= 0.3 is 0 Å². The van der Waals surface area contributed by atoms with Crippen LogP contribution in [0.3, 0.4) is 0 Å². The van der Waals surface area contributed by atoms with Gasteiger partial charge in [-0.2, -0.15) is 0 Å². The minimum absolute atomic E-state index is 0.00895. The fourth-order valence-electron chi connectivity index (χ4n) is 2.58. The van der Waals surface area contributed by atoms with Crippen LogP contribution in [0.2, 0.25) is 0 Å². The summed E-state index contributed by atoms with van der Waals surface area (Å²) in [7, 11) is 0. The summed E-state index contributed by atoms with van der Waals surface area (Å²) in [5.41, 5.74) is 2.09. The predicted molar refractivity (Wildman–Crippen MR) is 90.5 cm³/mol. The zero-order valence-corrected chi connectivity index (χ0v) is 13.4. The maximum atomic E-state index is 11.8. The zero-order valence-electron chi connectivity index (χ0n) is 13.4. The molecule has 0 saturated carbocycles. The van der Waals surface area contributed by atoms with Crippen LogP contribution in [0.1, 0.15) is 26.2 Å². The molecule has 0 aliphatic carbocycles. The number of ether oxygens (including phenoxy) is 1. The number of anilines is 2. The Morgan fingerprint density at radius 3 is 2.64 bits per heavy atom. The first-order valence-electron chi connectivity index (χ1n) is 8.23. The molecule has 0 unspecified atom stereocenters. The van der Waals surface area contributed by atoms with Crippen LogP contribution in [-0.4, -0.2) is 45.3 Å². The first-order valence-corrected chi connectivity index (χ1v) is 8.23. The topological polar surface area (TPSA) is 53.6 Å². The Bertz CT molecular complexity index is 442. The van der Waals surface area contributed by atoms with Crippen molar-refractivity contribution in [3.8, 4) is 0 Å². The van der Waals surface area contributed by atoms with Crippen molar-refractivity contribution in [3.63, 3.8) is 0 Å². The van der Waals surface area contributed by atoms with E-state index in [9.17, 15) is 4.79 Å². The lowest BCUT2D eigenvalue weighted by Crippen LogP contribution is -2.29. The minimum Gasteiger partial charge on any atom is -0.382 e. The largest absolute Gasteiger partial charge is 0.382 e. The second-order valence-electron chi connectivity index (χ2n) is 5.52. The van der Waals surface area contributed by atoms with Crippen LogP contribution >= 0.6 is 0 Å². The zero-order chi connectivity index (χ0) is 15.6. The highest BCUT2D eigenvalue weighted by Gasteiger charge is 2.11. The van der Waals surface area contributed by atoms with Crippen molar-refractivity contribution in [2.75, 3.05) is 49.6 Å². The second-order valence-corrected chi connectivity index (χ2v) is 5.52. The van der Waals surface area contributed by atoms with Gasteiger partial charge in [0.25, 0.3) is 0 Å². The van der Waals surface area contributed by atoms with Gasteiger partial charge in [0.1, 0.15) is 0 Å². The number of carbonyl (C=O) groups excluding carboxylic acids is 1. The van der Waals surface area contributed by atoms with E-state index in [1.807, 2.05) is 19.1 Å². The van der Waals surface area contributed by atoms with Crippen LogP contribution in [0.5, 0.6) is 0 Å². The van der Waals surface area contributed by atoms with Crippen LogP contribution in [0.25, 0.3) is 0 Å². The van der Waals surface area contributed by atoms with Crippen molar-refractivity contribution in [1.82, 2.24) is 5.32 Å². The summed E-state index contributed by atoms with van der Waals surface area (Å²) in [6.07, 6.45) is 3.46. The van der Waals surface area contributed by atoms with E-state index in [2.05, 4.69) is 27.7 Å². The van der Waals surface area contributed by atoms with E-state index in [-0.39, 0.29) is 5.91 Å². The molecule has 0 atom stereocenters. The Kier molecular flexibility index (Phi) is 7.19. The second kappa shape index (κ2) is 9.43. The van der Waals surface area contributed by atoms with E-state index >= 15 is 0 Å². The SMILES string of the molecule is CCOCCCNCC(=O)Nc1ccc(N2CCCC2)cc1. The summed E-state index contributed by atoms with van der Waals surface area (Å²) in [5, 5.41) is 6.03. The van der Waals surface area contributed by atoms with E-state index in [1.165, 1.54) is 18.5 Å². The van der Waals surface area contributed by atoms with Gasteiger partial charge in [-0.25, -0.2) is 0 Å². The molecular weight excluding hydrogens is 278 g/mol.